The van der Waals surface area contributed by atoms with Gasteiger partial charge in [0, 0.05) is 63.7 Å². The summed E-state index contributed by atoms with van der Waals surface area (Å²) < 4.78 is 19.5. The van der Waals surface area contributed by atoms with Crippen LogP contribution in [0.25, 0.3) is 186 Å². The van der Waals surface area contributed by atoms with Gasteiger partial charge in [-0.15, -0.1) is 11.3 Å². The molecule has 0 spiro atoms. The first-order chi connectivity index (χ1) is 45.1. The van der Waals surface area contributed by atoms with Gasteiger partial charge < -0.3 is 13.4 Å². The summed E-state index contributed by atoms with van der Waals surface area (Å²) in [6.07, 6.45) is 3.62. The van der Waals surface area contributed by atoms with Gasteiger partial charge in [0.05, 0.1) is 40.2 Å². The van der Waals surface area contributed by atoms with E-state index in [1.54, 1.807) is 6.20 Å². The van der Waals surface area contributed by atoms with Gasteiger partial charge in [0.2, 0.25) is 11.4 Å². The molecule has 9 heteroatoms. The second kappa shape index (κ2) is 20.3. The standard InChI is InChI=1S/C44H26N4O.C38H22N2OS/c1-2-12-31(13-3-1)47-37-16-8-6-14-32(37)34-22-29(18-20-39(34)47)30-19-21-40-35(23-30)33-15-7-9-17-38(33)48(40)42-26-45-44-43(46-42)36-24-27-10-4-5-11-28(27)25-41(36)49-44;1-2-8-27-21-34-32(20-26(27)7-1)36-38(41-34)39-22-33(40-36)28-10-5-9-25(19-28)23-15-17-24(18-16-23)29-12-6-13-31-30-11-3-4-14-35(30)42-37(29)31/h1-26H;1-22H. The lowest BCUT2D eigenvalue weighted by Crippen LogP contribution is -1.98. The van der Waals surface area contributed by atoms with Crippen molar-refractivity contribution in [2.75, 3.05) is 0 Å². The van der Waals surface area contributed by atoms with Gasteiger partial charge in [0.25, 0.3) is 0 Å². The Morgan fingerprint density at radius 1 is 0.308 bits per heavy atom. The highest BCUT2D eigenvalue weighted by Gasteiger charge is 2.20. The van der Waals surface area contributed by atoms with Gasteiger partial charge in [-0.3, -0.25) is 4.57 Å². The van der Waals surface area contributed by atoms with E-state index >= 15 is 0 Å². The van der Waals surface area contributed by atoms with Crippen LogP contribution in [0.1, 0.15) is 0 Å². The van der Waals surface area contributed by atoms with Gasteiger partial charge in [-0.2, -0.15) is 0 Å². The summed E-state index contributed by atoms with van der Waals surface area (Å²) in [5.41, 5.74) is 19.0. The molecule has 0 radical (unpaired) electrons. The lowest BCUT2D eigenvalue weighted by Gasteiger charge is -2.09. The number of aromatic nitrogens is 6. The van der Waals surface area contributed by atoms with E-state index in [0.29, 0.717) is 11.4 Å². The topological polar surface area (TPSA) is 87.7 Å². The normalized spacial score (nSPS) is 12.0. The van der Waals surface area contributed by atoms with E-state index in [9.17, 15) is 0 Å². The molecule has 0 saturated heterocycles. The molecule has 0 saturated carbocycles. The Balaban J connectivity index is 0.000000132. The molecule has 20 aromatic rings. The first-order valence-electron chi connectivity index (χ1n) is 30.5. The Kier molecular flexibility index (Phi) is 11.4. The van der Waals surface area contributed by atoms with E-state index in [1.807, 2.05) is 29.7 Å². The van der Waals surface area contributed by atoms with Crippen LogP contribution in [0.5, 0.6) is 0 Å². The molecule has 7 heterocycles. The number of rotatable bonds is 6. The first kappa shape index (κ1) is 51.0. The van der Waals surface area contributed by atoms with E-state index in [1.165, 1.54) is 80.6 Å². The number of hydrogen-bond acceptors (Lipinski definition) is 7. The lowest BCUT2D eigenvalue weighted by atomic mass is 9.98. The summed E-state index contributed by atoms with van der Waals surface area (Å²) in [5, 5.41) is 14.0. The van der Waals surface area contributed by atoms with Crippen LogP contribution in [0.4, 0.5) is 0 Å². The quantitative estimate of drug-likeness (QED) is 0.165. The van der Waals surface area contributed by atoms with Crippen LogP contribution >= 0.6 is 11.3 Å². The third kappa shape index (κ3) is 8.29. The summed E-state index contributed by atoms with van der Waals surface area (Å²) in [6.45, 7) is 0. The molecular weight excluding hydrogens is 1130 g/mol. The van der Waals surface area contributed by atoms with Crippen LogP contribution in [0, 0.1) is 0 Å². The molecule has 0 bridgehead atoms. The Bertz CT molecular complexity index is 6350. The van der Waals surface area contributed by atoms with Crippen molar-refractivity contribution >= 4 is 141 Å². The van der Waals surface area contributed by atoms with Crippen LogP contribution in [0.3, 0.4) is 0 Å². The fourth-order valence-electron chi connectivity index (χ4n) is 13.8. The zero-order chi connectivity index (χ0) is 59.7. The summed E-state index contributed by atoms with van der Waals surface area (Å²) in [5.74, 6) is 0.762. The first-order valence-corrected chi connectivity index (χ1v) is 31.3. The maximum atomic E-state index is 6.17. The van der Waals surface area contributed by atoms with Crippen molar-refractivity contribution in [3.8, 4) is 56.1 Å². The van der Waals surface area contributed by atoms with Gasteiger partial charge in [-0.25, -0.2) is 19.9 Å². The molecule has 0 N–H and O–H groups in total. The molecule has 0 aliphatic rings. The fourth-order valence-corrected chi connectivity index (χ4v) is 15.0. The van der Waals surface area contributed by atoms with Crippen molar-refractivity contribution in [2.24, 2.45) is 0 Å². The highest BCUT2D eigenvalue weighted by atomic mass is 32.1. The third-order valence-corrected chi connectivity index (χ3v) is 19.3. The summed E-state index contributed by atoms with van der Waals surface area (Å²) in [6, 6.07) is 99.1. The molecule has 13 aromatic carbocycles. The molecule has 0 fully saturated rings. The Morgan fingerprint density at radius 2 is 0.802 bits per heavy atom. The smallest absolute Gasteiger partial charge is 0.246 e. The molecule has 7 aromatic heterocycles. The van der Waals surface area contributed by atoms with Crippen LogP contribution in [0.15, 0.2) is 300 Å². The third-order valence-electron chi connectivity index (χ3n) is 18.1. The molecule has 8 nitrogen and oxygen atoms in total. The Morgan fingerprint density at radius 3 is 1.48 bits per heavy atom. The number of fused-ring (bicyclic) bond motifs is 17. The maximum absolute atomic E-state index is 6.17. The molecule has 0 aliphatic heterocycles. The summed E-state index contributed by atoms with van der Waals surface area (Å²) in [7, 11) is 0. The number of para-hydroxylation sites is 3. The number of thiophene rings is 1. The maximum Gasteiger partial charge on any atom is 0.246 e. The van der Waals surface area contributed by atoms with Gasteiger partial charge in [0.1, 0.15) is 22.2 Å². The van der Waals surface area contributed by atoms with E-state index < -0.39 is 0 Å². The van der Waals surface area contributed by atoms with Crippen molar-refractivity contribution in [1.29, 1.82) is 0 Å². The van der Waals surface area contributed by atoms with E-state index in [2.05, 4.69) is 281 Å². The van der Waals surface area contributed by atoms with Gasteiger partial charge in [0.15, 0.2) is 5.82 Å². The minimum atomic E-state index is 0.543. The van der Waals surface area contributed by atoms with Crippen molar-refractivity contribution in [1.82, 2.24) is 29.1 Å². The molecular formula is C82H48N6O2S. The predicted molar refractivity (Wildman–Crippen MR) is 377 cm³/mol. The van der Waals surface area contributed by atoms with Gasteiger partial charge in [-0.05, 0) is 140 Å². The number of benzene rings is 13. The average molecular weight is 1180 g/mol. The van der Waals surface area contributed by atoms with Crippen LogP contribution in [-0.4, -0.2) is 29.1 Å². The van der Waals surface area contributed by atoms with Gasteiger partial charge in [-0.1, -0.05) is 194 Å². The number of nitrogens with zero attached hydrogens (tertiary/aromatic N) is 6. The number of furan rings is 2. The predicted octanol–water partition coefficient (Wildman–Crippen LogP) is 22.3. The highest BCUT2D eigenvalue weighted by Crippen LogP contribution is 2.43. The molecule has 20 rings (SSSR count). The summed E-state index contributed by atoms with van der Waals surface area (Å²) >= 11 is 1.87. The van der Waals surface area contributed by atoms with Crippen LogP contribution in [0.2, 0.25) is 0 Å². The van der Waals surface area contributed by atoms with E-state index in [4.69, 9.17) is 23.8 Å². The molecule has 0 atom stereocenters. The molecule has 91 heavy (non-hydrogen) atoms. The molecule has 0 amide bonds. The molecule has 0 aliphatic carbocycles. The Hall–Kier alpha value is -12.0. The number of hydrogen-bond donors (Lipinski definition) is 0. The van der Waals surface area contributed by atoms with E-state index in [0.717, 1.165) is 93.9 Å². The summed E-state index contributed by atoms with van der Waals surface area (Å²) in [4.78, 5) is 19.6. The van der Waals surface area contributed by atoms with Crippen LogP contribution in [-0.2, 0) is 0 Å². The zero-order valence-corrected chi connectivity index (χ0v) is 49.4. The van der Waals surface area contributed by atoms with Crippen molar-refractivity contribution < 1.29 is 8.83 Å². The van der Waals surface area contributed by atoms with E-state index in [-0.39, 0.29) is 0 Å². The molecule has 424 valence electrons. The molecule has 0 unspecified atom stereocenters. The minimum absolute atomic E-state index is 0.543. The van der Waals surface area contributed by atoms with Crippen LogP contribution < -0.4 is 0 Å². The minimum Gasteiger partial charge on any atom is -0.436 e. The Labute approximate surface area is 523 Å². The second-order valence-electron chi connectivity index (χ2n) is 23.3. The van der Waals surface area contributed by atoms with Crippen molar-refractivity contribution in [3.63, 3.8) is 0 Å². The van der Waals surface area contributed by atoms with Gasteiger partial charge >= 0.3 is 0 Å². The monoisotopic (exact) mass is 1180 g/mol. The largest absolute Gasteiger partial charge is 0.436 e. The lowest BCUT2D eigenvalue weighted by molar-refractivity contribution is 0.653. The van der Waals surface area contributed by atoms with Crippen molar-refractivity contribution in [2.45, 2.75) is 0 Å². The second-order valence-corrected chi connectivity index (χ2v) is 24.4. The average Bonchev–Trinajstić information content (AvgIpc) is 1.89. The fraction of sp³-hybridized carbons (Fsp3) is 0. The highest BCUT2D eigenvalue weighted by molar-refractivity contribution is 7.26. The zero-order valence-electron chi connectivity index (χ0n) is 48.6. The SMILES string of the molecule is c1cc(-c2ccc(-c3cccc4c3sc3ccccc34)cc2)cc(-c2cnc3oc4cc5ccccc5cc4c3n2)c1.c1ccc(-n2c3ccccc3c3cc(-c4ccc5c(c4)c4ccccc4n5-c4cnc5oc6cc7ccccc7cc6c5n4)ccc32)cc1. The van der Waals surface area contributed by atoms with Crippen molar-refractivity contribution in [3.05, 3.63) is 291 Å².